The molecule has 0 spiro atoms. The minimum absolute atomic E-state index is 0. The predicted octanol–water partition coefficient (Wildman–Crippen LogP) is 11.3. The molecule has 0 unspecified atom stereocenters. The van der Waals surface area contributed by atoms with Crippen LogP contribution in [-0.2, 0) is 22.4 Å². The molecule has 4 nitrogen and oxygen atoms in total. The largest absolute Gasteiger partial charge is 0.354 e. The summed E-state index contributed by atoms with van der Waals surface area (Å²) in [5.74, 6) is 0. The van der Waals surface area contributed by atoms with Crippen LogP contribution in [0, 0.1) is 0 Å². The first-order valence-corrected chi connectivity index (χ1v) is 16.2. The van der Waals surface area contributed by atoms with Gasteiger partial charge in [0.25, 0.3) is 0 Å². The molecule has 4 aromatic carbocycles. The van der Waals surface area contributed by atoms with Gasteiger partial charge in [-0.2, -0.15) is 0 Å². The molecule has 2 aliphatic rings. The Labute approximate surface area is 300 Å². The summed E-state index contributed by atoms with van der Waals surface area (Å²) in [6.07, 6.45) is 8.50. The first-order valence-electron chi connectivity index (χ1n) is 16.2. The van der Waals surface area contributed by atoms with E-state index < -0.39 is 0 Å². The average molecular weight is 812 g/mol. The zero-order valence-electron chi connectivity index (χ0n) is 26.4. The smallest absolute Gasteiger partial charge is 0.0737 e. The van der Waals surface area contributed by atoms with E-state index in [0.29, 0.717) is 0 Å². The third-order valence-corrected chi connectivity index (χ3v) is 8.96. The molecule has 49 heavy (non-hydrogen) atoms. The Kier molecular flexibility index (Phi) is 8.12. The Morgan fingerprint density at radius 1 is 0.388 bits per heavy atom. The Bertz CT molecular complexity index is 2530. The van der Waals surface area contributed by atoms with E-state index in [1.54, 1.807) is 0 Å². The van der Waals surface area contributed by atoms with Gasteiger partial charge in [-0.1, -0.05) is 121 Å². The Balaban J connectivity index is 0.00000348. The Morgan fingerprint density at radius 2 is 0.837 bits per heavy atom. The molecule has 3 aromatic heterocycles. The summed E-state index contributed by atoms with van der Waals surface area (Å²) < 4.78 is 0. The van der Waals surface area contributed by atoms with Crippen molar-refractivity contribution in [2.45, 2.75) is 0 Å². The Morgan fingerprint density at radius 3 is 1.39 bits per heavy atom. The maximum atomic E-state index is 5.40. The van der Waals surface area contributed by atoms with Gasteiger partial charge < -0.3 is 9.97 Å². The van der Waals surface area contributed by atoms with Gasteiger partial charge in [0.2, 0.25) is 0 Å². The molecule has 5 heteroatoms. The average Bonchev–Trinajstić information content (AvgIpc) is 3.97. The molecule has 8 bridgehead atoms. The standard InChI is InChI=1S/C44H30N4.Au/c1-5-13-29(14-6-1)35-28-34-27-33-21-22-36(45-33)41(30-15-7-2-8-16-30)37-23-24-38(47-37)42(31-17-9-3-10-18-31)39-25-26-40(48-39)43(44(35)46-34)32-19-11-4-12-20-32;/h1-28,46-47H;. The van der Waals surface area contributed by atoms with E-state index in [2.05, 4.69) is 174 Å². The van der Waals surface area contributed by atoms with Crippen LogP contribution in [0.1, 0.15) is 22.8 Å². The number of rotatable bonds is 4. The minimum atomic E-state index is 0. The molecule has 5 heterocycles. The predicted molar refractivity (Wildman–Crippen MR) is 201 cm³/mol. The molecule has 0 atom stereocenters. The van der Waals surface area contributed by atoms with Crippen LogP contribution >= 0.6 is 0 Å². The van der Waals surface area contributed by atoms with Crippen molar-refractivity contribution >= 4 is 46.4 Å². The summed E-state index contributed by atoms with van der Waals surface area (Å²) in [7, 11) is 0. The fraction of sp³-hybridized carbons (Fsp3) is 0. The minimum Gasteiger partial charge on any atom is -0.354 e. The quantitative estimate of drug-likeness (QED) is 0.174. The van der Waals surface area contributed by atoms with Gasteiger partial charge in [-0.25, -0.2) is 9.97 Å². The molecule has 0 aliphatic carbocycles. The number of nitrogens with zero attached hydrogens (tertiary/aromatic N) is 2. The van der Waals surface area contributed by atoms with Gasteiger partial charge in [0.1, 0.15) is 0 Å². The van der Waals surface area contributed by atoms with E-state index >= 15 is 0 Å². The van der Waals surface area contributed by atoms with Gasteiger partial charge in [-0.05, 0) is 70.8 Å². The number of aromatic nitrogens is 4. The topological polar surface area (TPSA) is 57.4 Å². The zero-order valence-corrected chi connectivity index (χ0v) is 28.5. The molecule has 0 saturated heterocycles. The van der Waals surface area contributed by atoms with Crippen LogP contribution in [0.25, 0.3) is 90.9 Å². The number of benzene rings is 4. The number of nitrogens with one attached hydrogen (secondary N) is 2. The number of hydrogen-bond donors (Lipinski definition) is 2. The summed E-state index contributed by atoms with van der Waals surface area (Å²) in [5.41, 5.74) is 16.2. The van der Waals surface area contributed by atoms with Crippen molar-refractivity contribution < 1.29 is 22.4 Å². The van der Waals surface area contributed by atoms with E-state index in [4.69, 9.17) is 9.97 Å². The number of hydrogen-bond acceptors (Lipinski definition) is 2. The second-order valence-corrected chi connectivity index (χ2v) is 12.0. The summed E-state index contributed by atoms with van der Waals surface area (Å²) in [4.78, 5) is 18.2. The Hall–Kier alpha value is -5.78. The van der Waals surface area contributed by atoms with E-state index in [1.165, 1.54) is 0 Å². The third-order valence-electron chi connectivity index (χ3n) is 8.96. The fourth-order valence-corrected chi connectivity index (χ4v) is 6.80. The van der Waals surface area contributed by atoms with Crippen LogP contribution in [0.4, 0.5) is 0 Å². The molecule has 2 aliphatic heterocycles. The second kappa shape index (κ2) is 13.0. The van der Waals surface area contributed by atoms with E-state index in [0.717, 1.165) is 89.4 Å². The van der Waals surface area contributed by atoms with Gasteiger partial charge in [0.05, 0.1) is 28.3 Å². The first-order chi connectivity index (χ1) is 23.8. The van der Waals surface area contributed by atoms with Gasteiger partial charge >= 0.3 is 0 Å². The molecular formula is C44H30AuN4. The van der Waals surface area contributed by atoms with E-state index in [-0.39, 0.29) is 22.4 Å². The summed E-state index contributed by atoms with van der Waals surface area (Å²) >= 11 is 0. The van der Waals surface area contributed by atoms with Crippen molar-refractivity contribution in [2.24, 2.45) is 0 Å². The van der Waals surface area contributed by atoms with Crippen LogP contribution < -0.4 is 0 Å². The number of fused-ring (bicyclic) bond motifs is 8. The van der Waals surface area contributed by atoms with Crippen molar-refractivity contribution in [3.63, 3.8) is 0 Å². The number of H-pyrrole nitrogens is 2. The molecule has 0 saturated carbocycles. The molecule has 9 rings (SSSR count). The maximum absolute atomic E-state index is 5.40. The van der Waals surface area contributed by atoms with Crippen molar-refractivity contribution in [3.8, 4) is 44.5 Å². The second-order valence-electron chi connectivity index (χ2n) is 12.0. The SMILES string of the molecule is C1=Cc2nc1cc1cc(-c3ccccc3)c([nH]1)c(-c1ccccc1)c1nc(c(-c3ccccc3)c3ccc([nH]3)c2-c2ccccc2)C=C1.[Au]. The van der Waals surface area contributed by atoms with Crippen LogP contribution in [0.3, 0.4) is 0 Å². The fourth-order valence-electron chi connectivity index (χ4n) is 6.80. The van der Waals surface area contributed by atoms with Gasteiger partial charge in [-0.15, -0.1) is 0 Å². The molecule has 7 aromatic rings. The van der Waals surface area contributed by atoms with Crippen LogP contribution in [0.15, 0.2) is 146 Å². The van der Waals surface area contributed by atoms with E-state index in [1.807, 2.05) is 6.07 Å². The monoisotopic (exact) mass is 811 g/mol. The van der Waals surface area contributed by atoms with Gasteiger partial charge in [0, 0.05) is 61.2 Å². The van der Waals surface area contributed by atoms with Crippen LogP contribution in [0.5, 0.6) is 0 Å². The molecular weight excluding hydrogens is 781 g/mol. The maximum Gasteiger partial charge on any atom is 0.0737 e. The van der Waals surface area contributed by atoms with Crippen molar-refractivity contribution in [3.05, 3.63) is 168 Å². The van der Waals surface area contributed by atoms with Gasteiger partial charge in [-0.3, -0.25) is 0 Å². The summed E-state index contributed by atoms with van der Waals surface area (Å²) in [6, 6.07) is 50.8. The first kappa shape index (κ1) is 30.5. The molecule has 1 radical (unpaired) electrons. The van der Waals surface area contributed by atoms with E-state index in [9.17, 15) is 0 Å². The summed E-state index contributed by atoms with van der Waals surface area (Å²) in [5, 5.41) is 0. The normalized spacial score (nSPS) is 11.8. The molecule has 2 N–H and O–H groups in total. The van der Waals surface area contributed by atoms with Crippen LogP contribution in [-0.4, -0.2) is 19.9 Å². The van der Waals surface area contributed by atoms with Crippen molar-refractivity contribution in [1.29, 1.82) is 0 Å². The van der Waals surface area contributed by atoms with Crippen LogP contribution in [0.2, 0.25) is 0 Å². The third kappa shape index (κ3) is 5.73. The molecule has 0 amide bonds. The van der Waals surface area contributed by atoms with Gasteiger partial charge in [0.15, 0.2) is 0 Å². The zero-order chi connectivity index (χ0) is 31.9. The summed E-state index contributed by atoms with van der Waals surface area (Å²) in [6.45, 7) is 0. The molecule has 237 valence electrons. The number of aromatic amines is 2. The van der Waals surface area contributed by atoms with Crippen molar-refractivity contribution in [2.75, 3.05) is 0 Å². The molecule has 0 fully saturated rings. The van der Waals surface area contributed by atoms with Crippen molar-refractivity contribution in [1.82, 2.24) is 19.9 Å².